The number of aliphatic carboxylic acids is 1. The molecular formula is C10H14N4O3. The summed E-state index contributed by atoms with van der Waals surface area (Å²) in [5, 5.41) is 12.9. The Bertz CT molecular complexity index is 470. The van der Waals surface area contributed by atoms with Crippen LogP contribution in [0.1, 0.15) is 16.8 Å². The van der Waals surface area contributed by atoms with Gasteiger partial charge >= 0.3 is 5.97 Å². The molecule has 1 fully saturated rings. The fourth-order valence-corrected chi connectivity index (χ4v) is 1.90. The number of likely N-dealkylation sites (tertiary alicyclic amines) is 1. The first-order valence-electron chi connectivity index (χ1n) is 5.22. The molecule has 1 aromatic heterocycles. The molecular weight excluding hydrogens is 224 g/mol. The topological polar surface area (TPSA) is 101 Å². The second kappa shape index (κ2) is 3.85. The first-order valence-corrected chi connectivity index (χ1v) is 5.22. The van der Waals surface area contributed by atoms with Crippen LogP contribution in [0.3, 0.4) is 0 Å². The van der Waals surface area contributed by atoms with Gasteiger partial charge in [-0.3, -0.25) is 14.3 Å². The summed E-state index contributed by atoms with van der Waals surface area (Å²) in [7, 11) is 1.71. The molecule has 92 valence electrons. The number of nitrogens with two attached hydrogens (primary N) is 1. The highest BCUT2D eigenvalue weighted by molar-refractivity contribution is 5.95. The summed E-state index contributed by atoms with van der Waals surface area (Å²) in [5.74, 6) is -1.30. The second-order valence-corrected chi connectivity index (χ2v) is 4.34. The molecule has 1 aliphatic heterocycles. The number of nitrogens with zero attached hydrogens (tertiary/aromatic N) is 3. The van der Waals surface area contributed by atoms with Gasteiger partial charge in [-0.15, -0.1) is 0 Å². The van der Waals surface area contributed by atoms with E-state index in [0.717, 1.165) is 0 Å². The summed E-state index contributed by atoms with van der Waals surface area (Å²) >= 11 is 0. The van der Waals surface area contributed by atoms with E-state index >= 15 is 0 Å². The molecule has 0 aromatic carbocycles. The van der Waals surface area contributed by atoms with Crippen molar-refractivity contribution < 1.29 is 14.7 Å². The molecule has 0 spiro atoms. The Morgan fingerprint density at radius 3 is 2.76 bits per heavy atom. The number of carbonyl (C=O) groups excluding carboxylic acids is 1. The van der Waals surface area contributed by atoms with Gasteiger partial charge in [0.25, 0.3) is 5.91 Å². The predicted molar refractivity (Wildman–Crippen MR) is 58.3 cm³/mol. The Hall–Kier alpha value is -1.89. The zero-order chi connectivity index (χ0) is 12.6. The average Bonchev–Trinajstić information content (AvgIpc) is 2.85. The molecule has 0 bridgehead atoms. The number of carboxylic acids is 1. The fourth-order valence-electron chi connectivity index (χ4n) is 1.90. The Labute approximate surface area is 97.8 Å². The highest BCUT2D eigenvalue weighted by Gasteiger charge is 2.43. The molecule has 3 N–H and O–H groups in total. The maximum atomic E-state index is 12.0. The largest absolute Gasteiger partial charge is 0.480 e. The van der Waals surface area contributed by atoms with Crippen LogP contribution in [0, 0.1) is 0 Å². The molecule has 1 saturated heterocycles. The quantitative estimate of drug-likeness (QED) is 0.691. The van der Waals surface area contributed by atoms with Crippen LogP contribution in [0.4, 0.5) is 0 Å². The van der Waals surface area contributed by atoms with E-state index in [2.05, 4.69) is 5.10 Å². The summed E-state index contributed by atoms with van der Waals surface area (Å²) in [6.45, 7) is 0.395. The molecule has 17 heavy (non-hydrogen) atoms. The van der Waals surface area contributed by atoms with Crippen molar-refractivity contribution in [3.63, 3.8) is 0 Å². The van der Waals surface area contributed by atoms with E-state index < -0.39 is 11.5 Å². The normalized spacial score (nSPS) is 24.0. The van der Waals surface area contributed by atoms with Crippen LogP contribution in [0.5, 0.6) is 0 Å². The number of hydrogen-bond donors (Lipinski definition) is 2. The lowest BCUT2D eigenvalue weighted by molar-refractivity contribution is -0.142. The van der Waals surface area contributed by atoms with Gasteiger partial charge in [0.05, 0.1) is 11.8 Å². The highest BCUT2D eigenvalue weighted by Crippen LogP contribution is 2.20. The molecule has 1 amide bonds. The molecule has 1 aromatic rings. The van der Waals surface area contributed by atoms with E-state index in [4.69, 9.17) is 10.8 Å². The summed E-state index contributed by atoms with van der Waals surface area (Å²) in [6.07, 6.45) is 3.33. The molecule has 0 saturated carbocycles. The SMILES string of the molecule is Cn1cc(C(=O)N2CCC(N)(C(=O)O)C2)cn1. The first kappa shape index (κ1) is 11.6. The molecule has 2 rings (SSSR count). The van der Waals surface area contributed by atoms with Gasteiger partial charge in [-0.05, 0) is 6.42 Å². The van der Waals surface area contributed by atoms with Gasteiger partial charge < -0.3 is 15.7 Å². The maximum Gasteiger partial charge on any atom is 0.325 e. The predicted octanol–water partition coefficient (Wildman–Crippen LogP) is -0.952. The molecule has 7 nitrogen and oxygen atoms in total. The number of rotatable bonds is 2. The monoisotopic (exact) mass is 238 g/mol. The number of carbonyl (C=O) groups is 2. The van der Waals surface area contributed by atoms with Gasteiger partial charge in [-0.1, -0.05) is 0 Å². The maximum absolute atomic E-state index is 12.0. The van der Waals surface area contributed by atoms with Gasteiger partial charge in [0.2, 0.25) is 0 Å². The van der Waals surface area contributed by atoms with E-state index in [1.807, 2.05) is 0 Å². The number of aromatic nitrogens is 2. The van der Waals surface area contributed by atoms with Gasteiger partial charge in [0.1, 0.15) is 5.54 Å². The lowest BCUT2D eigenvalue weighted by atomic mass is 10.0. The molecule has 2 heterocycles. The Morgan fingerprint density at radius 2 is 2.29 bits per heavy atom. The third kappa shape index (κ3) is 2.01. The lowest BCUT2D eigenvalue weighted by Gasteiger charge is -2.19. The van der Waals surface area contributed by atoms with Crippen LogP contribution < -0.4 is 5.73 Å². The molecule has 1 aliphatic rings. The smallest absolute Gasteiger partial charge is 0.325 e. The zero-order valence-corrected chi connectivity index (χ0v) is 9.46. The van der Waals surface area contributed by atoms with E-state index in [0.29, 0.717) is 12.1 Å². The van der Waals surface area contributed by atoms with Crippen molar-refractivity contribution in [2.24, 2.45) is 12.8 Å². The summed E-state index contributed by atoms with van der Waals surface area (Å²) in [5.41, 5.74) is 4.82. The number of aryl methyl sites for hydroxylation is 1. The van der Waals surface area contributed by atoms with E-state index in [1.54, 1.807) is 13.2 Å². The van der Waals surface area contributed by atoms with Crippen LogP contribution in [-0.4, -0.2) is 50.3 Å². The number of amides is 1. The standard InChI is InChI=1S/C10H14N4O3/c1-13-5-7(4-12-13)8(15)14-3-2-10(11,6-14)9(16)17/h4-5H,2-3,6,11H2,1H3,(H,16,17). The van der Waals surface area contributed by atoms with Crippen molar-refractivity contribution >= 4 is 11.9 Å². The fraction of sp³-hybridized carbons (Fsp3) is 0.500. The summed E-state index contributed by atoms with van der Waals surface area (Å²) < 4.78 is 1.52. The van der Waals surface area contributed by atoms with E-state index in [1.165, 1.54) is 15.8 Å². The molecule has 1 unspecified atom stereocenters. The van der Waals surface area contributed by atoms with Crippen molar-refractivity contribution in [2.75, 3.05) is 13.1 Å². The molecule has 7 heteroatoms. The van der Waals surface area contributed by atoms with Crippen molar-refractivity contribution in [3.05, 3.63) is 18.0 Å². The minimum Gasteiger partial charge on any atom is -0.480 e. The first-order chi connectivity index (χ1) is 7.92. The second-order valence-electron chi connectivity index (χ2n) is 4.34. The van der Waals surface area contributed by atoms with Crippen LogP contribution >= 0.6 is 0 Å². The molecule has 0 radical (unpaired) electrons. The zero-order valence-electron chi connectivity index (χ0n) is 9.46. The number of carboxylic acid groups (broad SMARTS) is 1. The summed E-state index contributed by atoms with van der Waals surface area (Å²) in [6, 6.07) is 0. The molecule has 1 atom stereocenters. The lowest BCUT2D eigenvalue weighted by Crippen LogP contribution is -2.50. The van der Waals surface area contributed by atoms with Crippen molar-refractivity contribution in [3.8, 4) is 0 Å². The van der Waals surface area contributed by atoms with Crippen LogP contribution in [0.15, 0.2) is 12.4 Å². The highest BCUT2D eigenvalue weighted by atomic mass is 16.4. The number of hydrogen-bond acceptors (Lipinski definition) is 4. The van der Waals surface area contributed by atoms with Gasteiger partial charge in [-0.25, -0.2) is 0 Å². The average molecular weight is 238 g/mol. The van der Waals surface area contributed by atoms with E-state index in [9.17, 15) is 9.59 Å². The minimum atomic E-state index is -1.32. The minimum absolute atomic E-state index is 0.0378. The van der Waals surface area contributed by atoms with Crippen LogP contribution in [0.2, 0.25) is 0 Å². The summed E-state index contributed by atoms with van der Waals surface area (Å²) in [4.78, 5) is 24.4. The van der Waals surface area contributed by atoms with Crippen molar-refractivity contribution in [1.82, 2.24) is 14.7 Å². The van der Waals surface area contributed by atoms with Gasteiger partial charge in [-0.2, -0.15) is 5.10 Å². The van der Waals surface area contributed by atoms with Crippen LogP contribution in [0.25, 0.3) is 0 Å². The Kier molecular flexibility index (Phi) is 2.62. The van der Waals surface area contributed by atoms with Crippen molar-refractivity contribution in [2.45, 2.75) is 12.0 Å². The van der Waals surface area contributed by atoms with Crippen LogP contribution in [-0.2, 0) is 11.8 Å². The van der Waals surface area contributed by atoms with Crippen molar-refractivity contribution in [1.29, 1.82) is 0 Å². The molecule has 0 aliphatic carbocycles. The third-order valence-corrected chi connectivity index (χ3v) is 2.97. The Morgan fingerprint density at radius 1 is 1.59 bits per heavy atom. The Balaban J connectivity index is 2.11. The van der Waals surface area contributed by atoms with E-state index in [-0.39, 0.29) is 18.9 Å². The third-order valence-electron chi connectivity index (χ3n) is 2.97. The van der Waals surface area contributed by atoms with Gasteiger partial charge in [0.15, 0.2) is 0 Å². The van der Waals surface area contributed by atoms with Gasteiger partial charge in [0, 0.05) is 26.3 Å².